The van der Waals surface area contributed by atoms with Crippen molar-refractivity contribution in [2.75, 3.05) is 43.5 Å². The summed E-state index contributed by atoms with van der Waals surface area (Å²) in [6.45, 7) is 3.71. The molecule has 2 atom stereocenters. The van der Waals surface area contributed by atoms with Gasteiger partial charge in [-0.25, -0.2) is 18.7 Å². The quantitative estimate of drug-likeness (QED) is 0.282. The molecule has 0 saturated carbocycles. The topological polar surface area (TPSA) is 191 Å². The van der Waals surface area contributed by atoms with Crippen LogP contribution in [-0.4, -0.2) is 78.2 Å². The monoisotopic (exact) mass is 483 g/mol. The van der Waals surface area contributed by atoms with E-state index in [4.69, 9.17) is 10.9 Å². The summed E-state index contributed by atoms with van der Waals surface area (Å²) in [5, 5.41) is 25.9. The van der Waals surface area contributed by atoms with Gasteiger partial charge in [0.25, 0.3) is 0 Å². The van der Waals surface area contributed by atoms with Crippen LogP contribution >= 0.6 is 0 Å². The van der Waals surface area contributed by atoms with Gasteiger partial charge in [0.05, 0.1) is 5.56 Å². The van der Waals surface area contributed by atoms with E-state index in [9.17, 15) is 13.0 Å². The van der Waals surface area contributed by atoms with Gasteiger partial charge >= 0.3 is 0 Å². The van der Waals surface area contributed by atoms with E-state index in [-0.39, 0.29) is 33.1 Å². The minimum Gasteiger partial charge on any atom is -0.610 e. The number of hydrogen-bond acceptors (Lipinski definition) is 10. The fourth-order valence-electron chi connectivity index (χ4n) is 4.28. The molecule has 2 saturated heterocycles. The molecule has 12 nitrogen and oxygen atoms in total. The second-order valence-corrected chi connectivity index (χ2v) is 11.0. The van der Waals surface area contributed by atoms with Gasteiger partial charge in [-0.15, -0.1) is 5.10 Å². The lowest BCUT2D eigenvalue weighted by molar-refractivity contribution is 0.414. The fourth-order valence-corrected chi connectivity index (χ4v) is 6.81. The normalized spacial score (nSPS) is 21.2. The van der Waals surface area contributed by atoms with E-state index in [2.05, 4.69) is 36.2 Å². The Labute approximate surface area is 190 Å². The summed E-state index contributed by atoms with van der Waals surface area (Å²) in [6.07, 6.45) is 2.70. The van der Waals surface area contributed by atoms with Gasteiger partial charge in [-0.2, -0.15) is 0 Å². The van der Waals surface area contributed by atoms with Gasteiger partial charge in [-0.05, 0) is 60.8 Å². The molecule has 2 aliphatic heterocycles. The van der Waals surface area contributed by atoms with Crippen molar-refractivity contribution in [2.24, 2.45) is 16.8 Å². The number of primary sulfonamides is 1. The van der Waals surface area contributed by atoms with Gasteiger partial charge in [0, 0.05) is 42.5 Å². The zero-order valence-electron chi connectivity index (χ0n) is 17.7. The molecule has 32 heavy (non-hydrogen) atoms. The smallest absolute Gasteiger partial charge is 0.243 e. The number of tetrazole rings is 1. The van der Waals surface area contributed by atoms with Crippen LogP contribution in [0.5, 0.6) is 0 Å². The first-order valence-electron chi connectivity index (χ1n) is 10.6. The summed E-state index contributed by atoms with van der Waals surface area (Å²) in [4.78, 5) is 2.01. The molecule has 176 valence electrons. The standard InChI is InChI=1S/C18H29N9O3S2/c19-9-12-4-7-27(8-5-12)14-1-2-15(31(28)11-22-13-3-6-21-10-13)17(32(20,29)30)16(14)18-23-25-26-24-18/h1-2,12-13,21-22H,3-11,19H2,(H2,20,29,30)(H,23,24,25,26)/t13-,31?/m1/s1. The summed E-state index contributed by atoms with van der Waals surface area (Å²) in [7, 11) is -4.24. The summed E-state index contributed by atoms with van der Waals surface area (Å²) >= 11 is -1.65. The van der Waals surface area contributed by atoms with Crippen LogP contribution in [0.4, 0.5) is 5.69 Å². The summed E-state index contributed by atoms with van der Waals surface area (Å²) in [6, 6.07) is 3.56. The summed E-state index contributed by atoms with van der Waals surface area (Å²) in [5.41, 5.74) is 6.70. The number of H-pyrrole nitrogens is 1. The largest absolute Gasteiger partial charge is 0.610 e. The molecule has 1 aromatic carbocycles. The van der Waals surface area contributed by atoms with Crippen LogP contribution < -0.4 is 26.4 Å². The lowest BCUT2D eigenvalue weighted by atomic mass is 9.96. The zero-order chi connectivity index (χ0) is 22.7. The van der Waals surface area contributed by atoms with E-state index in [1.165, 1.54) is 0 Å². The maximum atomic E-state index is 13.2. The lowest BCUT2D eigenvalue weighted by Gasteiger charge is -2.34. The Hall–Kier alpha value is -1.81. The molecule has 0 amide bonds. The Balaban J connectivity index is 1.74. The van der Waals surface area contributed by atoms with Crippen LogP contribution in [0.2, 0.25) is 0 Å². The highest BCUT2D eigenvalue weighted by Gasteiger charge is 2.34. The highest BCUT2D eigenvalue weighted by atomic mass is 32.2. The Morgan fingerprint density at radius 2 is 2.06 bits per heavy atom. The van der Waals surface area contributed by atoms with Crippen molar-refractivity contribution < 1.29 is 13.0 Å². The number of sulfonamides is 1. The van der Waals surface area contributed by atoms with Crippen LogP contribution in [0.1, 0.15) is 19.3 Å². The Bertz CT molecular complexity index is 1000. The van der Waals surface area contributed by atoms with Crippen molar-refractivity contribution in [1.82, 2.24) is 31.3 Å². The van der Waals surface area contributed by atoms with Crippen molar-refractivity contribution >= 4 is 26.9 Å². The van der Waals surface area contributed by atoms with Crippen molar-refractivity contribution in [1.29, 1.82) is 0 Å². The van der Waals surface area contributed by atoms with Gasteiger partial charge in [-0.3, -0.25) is 5.32 Å². The number of nitrogens with one attached hydrogen (secondary N) is 3. The van der Waals surface area contributed by atoms with Crippen molar-refractivity contribution in [2.45, 2.75) is 35.1 Å². The van der Waals surface area contributed by atoms with Gasteiger partial charge < -0.3 is 20.5 Å². The molecule has 0 radical (unpaired) electrons. The second-order valence-electron chi connectivity index (χ2n) is 8.13. The number of anilines is 1. The average Bonchev–Trinajstić information content (AvgIpc) is 3.50. The molecule has 4 rings (SSSR count). The van der Waals surface area contributed by atoms with Gasteiger partial charge in [-0.1, -0.05) is 0 Å². The van der Waals surface area contributed by atoms with Crippen molar-refractivity contribution in [3.63, 3.8) is 0 Å². The third-order valence-corrected chi connectivity index (χ3v) is 8.45. The number of aromatic amines is 1. The van der Waals surface area contributed by atoms with Crippen LogP contribution in [-0.2, 0) is 21.2 Å². The number of aromatic nitrogens is 4. The number of nitrogens with zero attached hydrogens (tertiary/aromatic N) is 4. The zero-order valence-corrected chi connectivity index (χ0v) is 19.3. The Morgan fingerprint density at radius 3 is 2.66 bits per heavy atom. The first-order chi connectivity index (χ1) is 15.4. The predicted molar refractivity (Wildman–Crippen MR) is 121 cm³/mol. The summed E-state index contributed by atoms with van der Waals surface area (Å²) in [5.74, 6) is 0.712. The molecule has 3 heterocycles. The number of rotatable bonds is 8. The first-order valence-corrected chi connectivity index (χ1v) is 13.5. The minimum absolute atomic E-state index is 0.115. The van der Waals surface area contributed by atoms with Crippen LogP contribution in [0, 0.1) is 5.92 Å². The average molecular weight is 484 g/mol. The molecule has 2 fully saturated rings. The van der Waals surface area contributed by atoms with Gasteiger partial charge in [0.2, 0.25) is 10.0 Å². The SMILES string of the molecule is NCC1CCN(c2ccc([S+]([O-])CN[C@@H]3CCNC3)c(S(N)(=O)=O)c2-c2nnn[nH]2)CC1. The highest BCUT2D eigenvalue weighted by molar-refractivity contribution is 7.93. The number of nitrogens with two attached hydrogens (primary N) is 2. The van der Waals surface area contributed by atoms with E-state index < -0.39 is 21.2 Å². The molecule has 14 heteroatoms. The molecule has 0 bridgehead atoms. The number of benzene rings is 1. The van der Waals surface area contributed by atoms with Crippen molar-refractivity contribution in [3.05, 3.63) is 12.1 Å². The van der Waals surface area contributed by atoms with E-state index in [1.54, 1.807) is 12.1 Å². The molecule has 7 N–H and O–H groups in total. The number of hydrogen-bond donors (Lipinski definition) is 5. The van der Waals surface area contributed by atoms with E-state index in [1.807, 2.05) is 0 Å². The van der Waals surface area contributed by atoms with Crippen LogP contribution in [0.3, 0.4) is 0 Å². The molecule has 0 spiro atoms. The number of piperidine rings is 1. The molecule has 1 unspecified atom stereocenters. The molecule has 1 aromatic heterocycles. The first kappa shape index (κ1) is 23.4. The minimum atomic E-state index is -4.24. The molecular weight excluding hydrogens is 454 g/mol. The van der Waals surface area contributed by atoms with E-state index in [0.717, 1.165) is 32.4 Å². The Kier molecular flexibility index (Phi) is 7.29. The Morgan fingerprint density at radius 1 is 1.28 bits per heavy atom. The maximum absolute atomic E-state index is 13.2. The van der Waals surface area contributed by atoms with Crippen molar-refractivity contribution in [3.8, 4) is 11.4 Å². The molecule has 2 aliphatic rings. The maximum Gasteiger partial charge on any atom is 0.243 e. The lowest BCUT2D eigenvalue weighted by Crippen LogP contribution is -2.37. The summed E-state index contributed by atoms with van der Waals surface area (Å²) < 4.78 is 38.7. The highest BCUT2D eigenvalue weighted by Crippen LogP contribution is 2.39. The van der Waals surface area contributed by atoms with Gasteiger partial charge in [0.1, 0.15) is 4.90 Å². The molecule has 2 aromatic rings. The molecular formula is C18H29N9O3S2. The van der Waals surface area contributed by atoms with Crippen LogP contribution in [0.15, 0.2) is 21.9 Å². The molecule has 0 aliphatic carbocycles. The predicted octanol–water partition coefficient (Wildman–Crippen LogP) is -1.29. The van der Waals surface area contributed by atoms with E-state index in [0.29, 0.717) is 31.2 Å². The fraction of sp³-hybridized carbons (Fsp3) is 0.611. The second kappa shape index (κ2) is 9.99. The van der Waals surface area contributed by atoms with Crippen LogP contribution in [0.25, 0.3) is 11.4 Å². The third kappa shape index (κ3) is 5.06. The van der Waals surface area contributed by atoms with E-state index >= 15 is 0 Å². The third-order valence-electron chi connectivity index (χ3n) is 6.06. The van der Waals surface area contributed by atoms with Gasteiger partial charge in [0.15, 0.2) is 16.6 Å².